The van der Waals surface area contributed by atoms with Crippen molar-refractivity contribution in [3.8, 4) is 11.1 Å². The molecule has 0 aromatic heterocycles. The molecule has 4 aliphatic rings. The molecule has 2 aromatic rings. The fraction of sp³-hybridized carbons (Fsp3) is 0.552. The maximum Gasteiger partial charge on any atom is 0.410 e. The fourth-order valence-electron chi connectivity index (χ4n) is 7.41. The maximum absolute atomic E-state index is 13.4. The van der Waals surface area contributed by atoms with Crippen LogP contribution in [0.2, 0.25) is 0 Å². The van der Waals surface area contributed by atoms with Gasteiger partial charge in [0.1, 0.15) is 6.61 Å². The van der Waals surface area contributed by atoms with Gasteiger partial charge in [0, 0.05) is 18.0 Å². The minimum Gasteiger partial charge on any atom is -0.448 e. The minimum atomic E-state index is -0.601. The van der Waals surface area contributed by atoms with Gasteiger partial charge in [0.05, 0.1) is 5.60 Å². The summed E-state index contributed by atoms with van der Waals surface area (Å²) in [7, 11) is 0. The summed E-state index contributed by atoms with van der Waals surface area (Å²) in [6.07, 6.45) is 10.4. The molecule has 2 aliphatic carbocycles. The van der Waals surface area contributed by atoms with Gasteiger partial charge in [-0.2, -0.15) is 0 Å². The van der Waals surface area contributed by atoms with Crippen molar-refractivity contribution in [3.63, 3.8) is 0 Å². The summed E-state index contributed by atoms with van der Waals surface area (Å²) >= 11 is 0. The fourth-order valence-corrected chi connectivity index (χ4v) is 7.41. The number of hydrogen-bond donors (Lipinski definition) is 1. The predicted octanol–water partition coefficient (Wildman–Crippen LogP) is 6.26. The van der Waals surface area contributed by atoms with E-state index in [1.54, 1.807) is 0 Å². The van der Waals surface area contributed by atoms with Gasteiger partial charge in [0.25, 0.3) is 0 Å². The largest absolute Gasteiger partial charge is 0.448 e. The van der Waals surface area contributed by atoms with Crippen molar-refractivity contribution in [3.05, 3.63) is 59.7 Å². The van der Waals surface area contributed by atoms with Crippen LogP contribution >= 0.6 is 0 Å². The Kier molecular flexibility index (Phi) is 5.44. The zero-order valence-electron chi connectivity index (χ0n) is 19.4. The molecule has 1 amide bonds. The number of piperidine rings is 2. The first-order valence-corrected chi connectivity index (χ1v) is 13.0. The Morgan fingerprint density at radius 3 is 2.03 bits per heavy atom. The highest BCUT2D eigenvalue weighted by molar-refractivity contribution is 5.79. The molecule has 2 atom stereocenters. The minimum absolute atomic E-state index is 0.0881. The SMILES string of the molecule is O=C(OCC1c2ccccc2-c2ccccc21)N1C2CCCC1CC(O)(C1CCCCC1)C2. The van der Waals surface area contributed by atoms with E-state index in [2.05, 4.69) is 48.5 Å². The van der Waals surface area contributed by atoms with Gasteiger partial charge in [-0.1, -0.05) is 67.8 Å². The Hall–Kier alpha value is -2.33. The first kappa shape index (κ1) is 21.2. The lowest BCUT2D eigenvalue weighted by molar-refractivity contribution is -0.122. The van der Waals surface area contributed by atoms with Crippen LogP contribution in [0.5, 0.6) is 0 Å². The van der Waals surface area contributed by atoms with Crippen molar-refractivity contribution >= 4 is 6.09 Å². The van der Waals surface area contributed by atoms with E-state index < -0.39 is 5.60 Å². The number of benzene rings is 2. The van der Waals surface area contributed by atoms with Gasteiger partial charge in [0.15, 0.2) is 0 Å². The van der Waals surface area contributed by atoms with Gasteiger partial charge >= 0.3 is 6.09 Å². The van der Waals surface area contributed by atoms with Crippen LogP contribution < -0.4 is 0 Å². The summed E-state index contributed by atoms with van der Waals surface area (Å²) in [4.78, 5) is 15.4. The van der Waals surface area contributed by atoms with Crippen molar-refractivity contribution in [2.24, 2.45) is 5.92 Å². The smallest absolute Gasteiger partial charge is 0.410 e. The second-order valence-corrected chi connectivity index (χ2v) is 10.8. The van der Waals surface area contributed by atoms with Crippen molar-refractivity contribution in [1.82, 2.24) is 4.90 Å². The Morgan fingerprint density at radius 1 is 0.848 bits per heavy atom. The first-order chi connectivity index (χ1) is 16.1. The molecule has 2 bridgehead atoms. The van der Waals surface area contributed by atoms with E-state index in [0.717, 1.165) is 44.9 Å². The van der Waals surface area contributed by atoms with Gasteiger partial charge in [-0.05, 0) is 73.1 Å². The third-order valence-corrected chi connectivity index (χ3v) is 8.95. The molecule has 174 valence electrons. The molecule has 6 rings (SSSR count). The number of nitrogens with zero attached hydrogens (tertiary/aromatic N) is 1. The Bertz CT molecular complexity index is 968. The van der Waals surface area contributed by atoms with E-state index in [4.69, 9.17) is 4.74 Å². The monoisotopic (exact) mass is 445 g/mol. The van der Waals surface area contributed by atoms with Crippen molar-refractivity contribution in [1.29, 1.82) is 0 Å². The van der Waals surface area contributed by atoms with E-state index in [-0.39, 0.29) is 24.1 Å². The molecule has 33 heavy (non-hydrogen) atoms. The number of hydrogen-bond acceptors (Lipinski definition) is 3. The van der Waals surface area contributed by atoms with Gasteiger partial charge in [-0.15, -0.1) is 0 Å². The second kappa shape index (κ2) is 8.47. The van der Waals surface area contributed by atoms with Crippen LogP contribution in [-0.2, 0) is 4.74 Å². The highest BCUT2D eigenvalue weighted by Gasteiger charge is 2.51. The molecule has 4 nitrogen and oxygen atoms in total. The lowest BCUT2D eigenvalue weighted by Gasteiger charge is -2.54. The number of carbonyl (C=O) groups excluding carboxylic acids is 1. The number of amides is 1. The molecular weight excluding hydrogens is 410 g/mol. The molecule has 2 aromatic carbocycles. The highest BCUT2D eigenvalue weighted by atomic mass is 16.6. The summed E-state index contributed by atoms with van der Waals surface area (Å²) < 4.78 is 6.03. The van der Waals surface area contributed by atoms with E-state index in [0.29, 0.717) is 12.5 Å². The summed E-state index contributed by atoms with van der Waals surface area (Å²) in [6.45, 7) is 0.371. The molecule has 3 fully saturated rings. The van der Waals surface area contributed by atoms with Gasteiger partial charge in [0.2, 0.25) is 0 Å². The summed E-state index contributed by atoms with van der Waals surface area (Å²) in [5.41, 5.74) is 4.40. The maximum atomic E-state index is 13.4. The standard InChI is InChI=1S/C29H35NO3/c31-28(33-19-27-25-15-6-4-13-23(25)24-14-5-7-16-26(24)27)30-21-11-8-12-22(30)18-29(32,17-21)20-9-2-1-3-10-20/h4-7,13-16,20-22,27,32H,1-3,8-12,17-19H2. The van der Waals surface area contributed by atoms with Crippen LogP contribution in [0.4, 0.5) is 4.79 Å². The number of ether oxygens (including phenoxy) is 1. The zero-order chi connectivity index (χ0) is 22.4. The predicted molar refractivity (Wildman–Crippen MR) is 129 cm³/mol. The molecular formula is C29H35NO3. The van der Waals surface area contributed by atoms with E-state index in [1.807, 2.05) is 4.90 Å². The van der Waals surface area contributed by atoms with Crippen LogP contribution in [0.1, 0.15) is 81.3 Å². The highest BCUT2D eigenvalue weighted by Crippen LogP contribution is 2.47. The lowest BCUT2D eigenvalue weighted by Crippen LogP contribution is -2.62. The van der Waals surface area contributed by atoms with Gasteiger partial charge < -0.3 is 14.7 Å². The van der Waals surface area contributed by atoms with Crippen molar-refractivity contribution in [2.45, 2.75) is 87.8 Å². The summed E-state index contributed by atoms with van der Waals surface area (Å²) in [5, 5.41) is 11.6. The molecule has 0 spiro atoms. The van der Waals surface area contributed by atoms with Crippen LogP contribution in [0.15, 0.2) is 48.5 Å². The molecule has 2 unspecified atom stereocenters. The summed E-state index contributed by atoms with van der Waals surface area (Å²) in [6, 6.07) is 17.2. The summed E-state index contributed by atoms with van der Waals surface area (Å²) in [5.74, 6) is 0.490. The molecule has 2 heterocycles. The van der Waals surface area contributed by atoms with E-state index in [1.165, 1.54) is 41.5 Å². The van der Waals surface area contributed by atoms with Gasteiger partial charge in [-0.25, -0.2) is 4.79 Å². The second-order valence-electron chi connectivity index (χ2n) is 10.8. The van der Waals surface area contributed by atoms with Crippen LogP contribution in [0.25, 0.3) is 11.1 Å². The average Bonchev–Trinajstić information content (AvgIpc) is 3.16. The molecule has 0 radical (unpaired) electrons. The number of rotatable bonds is 3. The van der Waals surface area contributed by atoms with Crippen LogP contribution in [0.3, 0.4) is 0 Å². The number of carbonyl (C=O) groups is 1. The lowest BCUT2D eigenvalue weighted by atomic mass is 9.66. The zero-order valence-corrected chi connectivity index (χ0v) is 19.4. The Labute approximate surface area is 196 Å². The van der Waals surface area contributed by atoms with Crippen molar-refractivity contribution in [2.75, 3.05) is 6.61 Å². The van der Waals surface area contributed by atoms with Crippen LogP contribution in [0, 0.1) is 5.92 Å². The third-order valence-electron chi connectivity index (χ3n) is 8.95. The average molecular weight is 446 g/mol. The molecule has 1 saturated carbocycles. The van der Waals surface area contributed by atoms with Crippen molar-refractivity contribution < 1.29 is 14.6 Å². The number of aliphatic hydroxyl groups is 1. The van der Waals surface area contributed by atoms with Crippen LogP contribution in [-0.4, -0.2) is 40.4 Å². The van der Waals surface area contributed by atoms with Gasteiger partial charge in [-0.3, -0.25) is 0 Å². The molecule has 1 N–H and O–H groups in total. The van der Waals surface area contributed by atoms with E-state index in [9.17, 15) is 9.90 Å². The molecule has 4 heteroatoms. The third kappa shape index (κ3) is 3.67. The normalized spacial score (nSPS) is 29.4. The number of fused-ring (bicyclic) bond motifs is 5. The first-order valence-electron chi connectivity index (χ1n) is 13.0. The topological polar surface area (TPSA) is 49.8 Å². The van der Waals surface area contributed by atoms with E-state index >= 15 is 0 Å². The Balaban J connectivity index is 1.18. The quantitative estimate of drug-likeness (QED) is 0.606. The Morgan fingerprint density at radius 2 is 1.42 bits per heavy atom. The molecule has 2 aliphatic heterocycles. The molecule has 2 saturated heterocycles.